The molecule has 0 saturated heterocycles. The lowest BCUT2D eigenvalue weighted by Crippen LogP contribution is -2.20. The average molecular weight is 242 g/mol. The summed E-state index contributed by atoms with van der Waals surface area (Å²) in [4.78, 5) is 11.4. The molecule has 0 aliphatic heterocycles. The summed E-state index contributed by atoms with van der Waals surface area (Å²) in [6, 6.07) is 3.09. The number of nitrogens with two attached hydrogens (primary N) is 1. The number of pyridine rings is 1. The molecule has 16 heavy (non-hydrogen) atoms. The van der Waals surface area contributed by atoms with Crippen molar-refractivity contribution >= 4 is 17.4 Å². The van der Waals surface area contributed by atoms with Gasteiger partial charge in [0.15, 0.2) is 0 Å². The molecular weight excluding hydrogens is 224 g/mol. The van der Waals surface area contributed by atoms with Gasteiger partial charge in [-0.3, -0.25) is 4.79 Å². The van der Waals surface area contributed by atoms with Crippen LogP contribution in [0, 0.1) is 5.92 Å². The Hall–Kier alpha value is -0.940. The van der Waals surface area contributed by atoms with Crippen LogP contribution in [0.5, 0.6) is 0 Å². The highest BCUT2D eigenvalue weighted by Crippen LogP contribution is 2.08. The molecule has 1 aromatic rings. The predicted molar refractivity (Wildman–Crippen MR) is 68.7 cm³/mol. The molecule has 0 fully saturated rings. The van der Waals surface area contributed by atoms with Crippen molar-refractivity contribution in [3.05, 3.63) is 28.7 Å². The molecule has 1 aromatic heterocycles. The van der Waals surface area contributed by atoms with E-state index >= 15 is 0 Å². The Morgan fingerprint density at radius 2 is 2.31 bits per heavy atom. The maximum atomic E-state index is 11.4. The number of aliphatic hydroxyl groups excluding tert-OH is 1. The first-order valence-corrected chi connectivity index (χ1v) is 6.43. The van der Waals surface area contributed by atoms with Crippen LogP contribution >= 0.6 is 11.8 Å². The first kappa shape index (κ1) is 13.1. The van der Waals surface area contributed by atoms with Crippen molar-refractivity contribution in [3.63, 3.8) is 0 Å². The molecule has 0 saturated carbocycles. The number of nitrogens with zero attached hydrogens (tertiary/aromatic N) is 1. The van der Waals surface area contributed by atoms with Gasteiger partial charge in [-0.2, -0.15) is 11.8 Å². The predicted octanol–water partition coefficient (Wildman–Crippen LogP) is 0.792. The van der Waals surface area contributed by atoms with E-state index in [0.717, 1.165) is 11.5 Å². The van der Waals surface area contributed by atoms with E-state index < -0.39 is 0 Å². The van der Waals surface area contributed by atoms with E-state index in [-0.39, 0.29) is 12.2 Å². The zero-order valence-electron chi connectivity index (χ0n) is 9.43. The molecule has 0 radical (unpaired) electrons. The summed E-state index contributed by atoms with van der Waals surface area (Å²) >= 11 is 1.73. The summed E-state index contributed by atoms with van der Waals surface area (Å²) in [7, 11) is 0. The molecule has 1 rings (SSSR count). The molecule has 1 atom stereocenters. The van der Waals surface area contributed by atoms with Gasteiger partial charge in [0, 0.05) is 36.9 Å². The molecule has 1 heterocycles. The number of aryl methyl sites for hydroxylation is 1. The number of thioether (sulfide) groups is 1. The summed E-state index contributed by atoms with van der Waals surface area (Å²) in [5.41, 5.74) is 6.18. The average Bonchev–Trinajstić information content (AvgIpc) is 2.28. The molecule has 0 aliphatic rings. The molecule has 0 amide bonds. The van der Waals surface area contributed by atoms with Crippen LogP contribution in [0.3, 0.4) is 0 Å². The van der Waals surface area contributed by atoms with Crippen molar-refractivity contribution in [2.24, 2.45) is 5.92 Å². The number of rotatable bonds is 6. The summed E-state index contributed by atoms with van der Waals surface area (Å²) in [5.74, 6) is 2.07. The Morgan fingerprint density at radius 3 is 3.00 bits per heavy atom. The molecule has 5 heteroatoms. The van der Waals surface area contributed by atoms with Gasteiger partial charge in [0.2, 0.25) is 0 Å². The fraction of sp³-hybridized carbons (Fsp3) is 0.545. The summed E-state index contributed by atoms with van der Waals surface area (Å²) < 4.78 is 1.62. The van der Waals surface area contributed by atoms with E-state index in [0.29, 0.717) is 18.2 Å². The van der Waals surface area contributed by atoms with Gasteiger partial charge in [0.1, 0.15) is 0 Å². The van der Waals surface area contributed by atoms with Gasteiger partial charge in [-0.05, 0) is 17.7 Å². The van der Waals surface area contributed by atoms with Gasteiger partial charge in [-0.25, -0.2) is 0 Å². The monoisotopic (exact) mass is 242 g/mol. The molecule has 3 N–H and O–H groups in total. The maximum Gasteiger partial charge on any atom is 0.250 e. The third kappa shape index (κ3) is 4.28. The summed E-state index contributed by atoms with van der Waals surface area (Å²) in [5, 5.41) is 8.85. The van der Waals surface area contributed by atoms with Crippen molar-refractivity contribution in [1.29, 1.82) is 0 Å². The Kier molecular flexibility index (Phi) is 5.42. The van der Waals surface area contributed by atoms with E-state index in [9.17, 15) is 4.79 Å². The highest BCUT2D eigenvalue weighted by Gasteiger charge is 2.00. The normalized spacial score (nSPS) is 12.6. The number of aromatic nitrogens is 1. The lowest BCUT2D eigenvalue weighted by molar-refractivity contribution is 0.250. The topological polar surface area (TPSA) is 68.2 Å². The van der Waals surface area contributed by atoms with E-state index in [4.69, 9.17) is 10.8 Å². The fourth-order valence-electron chi connectivity index (χ4n) is 1.22. The van der Waals surface area contributed by atoms with Crippen LogP contribution in [0.15, 0.2) is 23.1 Å². The molecule has 1 unspecified atom stereocenters. The van der Waals surface area contributed by atoms with Crippen LogP contribution in [-0.2, 0) is 6.54 Å². The fourth-order valence-corrected chi connectivity index (χ4v) is 2.22. The maximum absolute atomic E-state index is 11.4. The van der Waals surface area contributed by atoms with E-state index in [1.807, 2.05) is 6.92 Å². The van der Waals surface area contributed by atoms with Crippen LogP contribution in [0.2, 0.25) is 0 Å². The van der Waals surface area contributed by atoms with Crippen LogP contribution in [0.4, 0.5) is 5.69 Å². The van der Waals surface area contributed by atoms with Crippen molar-refractivity contribution in [2.45, 2.75) is 13.5 Å². The van der Waals surface area contributed by atoms with Crippen LogP contribution in [0.1, 0.15) is 6.92 Å². The Labute approximate surface area is 99.5 Å². The van der Waals surface area contributed by atoms with Gasteiger partial charge in [-0.15, -0.1) is 0 Å². The largest absolute Gasteiger partial charge is 0.398 e. The quantitative estimate of drug-likeness (QED) is 0.724. The minimum Gasteiger partial charge on any atom is -0.398 e. The van der Waals surface area contributed by atoms with Gasteiger partial charge in [0.25, 0.3) is 5.56 Å². The zero-order valence-corrected chi connectivity index (χ0v) is 10.2. The first-order chi connectivity index (χ1) is 7.63. The number of anilines is 1. The van der Waals surface area contributed by atoms with E-state index in [1.54, 1.807) is 28.6 Å². The highest BCUT2D eigenvalue weighted by atomic mass is 32.2. The summed E-state index contributed by atoms with van der Waals surface area (Å²) in [6.07, 6.45) is 1.67. The van der Waals surface area contributed by atoms with Crippen molar-refractivity contribution in [1.82, 2.24) is 4.57 Å². The second-order valence-corrected chi connectivity index (χ2v) is 5.01. The number of aliphatic hydroxyl groups is 1. The smallest absolute Gasteiger partial charge is 0.250 e. The van der Waals surface area contributed by atoms with Crippen LogP contribution in [-0.4, -0.2) is 27.8 Å². The van der Waals surface area contributed by atoms with Crippen molar-refractivity contribution in [2.75, 3.05) is 23.8 Å². The van der Waals surface area contributed by atoms with Crippen LogP contribution < -0.4 is 11.3 Å². The van der Waals surface area contributed by atoms with Gasteiger partial charge in [0.05, 0.1) is 0 Å². The SMILES string of the molecule is CC(CO)CSCCn1cc(N)ccc1=O. The van der Waals surface area contributed by atoms with Crippen LogP contribution in [0.25, 0.3) is 0 Å². The zero-order chi connectivity index (χ0) is 12.0. The van der Waals surface area contributed by atoms with E-state index in [2.05, 4.69) is 0 Å². The molecule has 0 aliphatic carbocycles. The molecule has 0 spiro atoms. The van der Waals surface area contributed by atoms with Crippen molar-refractivity contribution in [3.8, 4) is 0 Å². The Morgan fingerprint density at radius 1 is 1.56 bits per heavy atom. The second kappa shape index (κ2) is 6.60. The van der Waals surface area contributed by atoms with Crippen molar-refractivity contribution < 1.29 is 5.11 Å². The third-order valence-corrected chi connectivity index (χ3v) is 3.47. The van der Waals surface area contributed by atoms with Gasteiger partial charge >= 0.3 is 0 Å². The molecule has 0 aromatic carbocycles. The summed E-state index contributed by atoms with van der Waals surface area (Å²) in [6.45, 7) is 2.87. The molecule has 0 bridgehead atoms. The third-order valence-electron chi connectivity index (χ3n) is 2.20. The number of hydrogen-bond donors (Lipinski definition) is 2. The number of hydrogen-bond acceptors (Lipinski definition) is 4. The Bertz CT molecular complexity index is 378. The van der Waals surface area contributed by atoms with E-state index in [1.165, 1.54) is 6.07 Å². The standard InChI is InChI=1S/C11H18N2O2S/c1-9(7-14)8-16-5-4-13-6-10(12)2-3-11(13)15/h2-3,6,9,14H,4-5,7-8,12H2,1H3. The highest BCUT2D eigenvalue weighted by molar-refractivity contribution is 7.99. The lowest BCUT2D eigenvalue weighted by Gasteiger charge is -2.08. The second-order valence-electron chi connectivity index (χ2n) is 3.86. The molecule has 4 nitrogen and oxygen atoms in total. The Balaban J connectivity index is 2.37. The lowest BCUT2D eigenvalue weighted by atomic mass is 10.2. The minimum absolute atomic E-state index is 0.0231. The molecular formula is C11H18N2O2S. The number of nitrogen functional groups attached to an aromatic ring is 1. The van der Waals surface area contributed by atoms with Gasteiger partial charge in [-0.1, -0.05) is 6.92 Å². The first-order valence-electron chi connectivity index (χ1n) is 5.28. The molecule has 90 valence electrons. The van der Waals surface area contributed by atoms with Gasteiger partial charge < -0.3 is 15.4 Å². The minimum atomic E-state index is -0.0231.